The van der Waals surface area contributed by atoms with Crippen molar-refractivity contribution < 1.29 is 14.3 Å². The quantitative estimate of drug-likeness (QED) is 0.780. The van der Waals surface area contributed by atoms with E-state index in [4.69, 9.17) is 16.3 Å². The zero-order chi connectivity index (χ0) is 12.9. The summed E-state index contributed by atoms with van der Waals surface area (Å²) in [6.07, 6.45) is -0.117. The second kappa shape index (κ2) is 6.09. The lowest BCUT2D eigenvalue weighted by molar-refractivity contribution is -0.113. The van der Waals surface area contributed by atoms with Gasteiger partial charge in [-0.3, -0.25) is 4.79 Å². The zero-order valence-electron chi connectivity index (χ0n) is 10.5. The van der Waals surface area contributed by atoms with Crippen molar-refractivity contribution in [1.29, 1.82) is 0 Å². The van der Waals surface area contributed by atoms with Crippen molar-refractivity contribution in [3.05, 3.63) is 0 Å². The van der Waals surface area contributed by atoms with Crippen LogP contribution in [0.2, 0.25) is 0 Å². The normalized spacial score (nSPS) is 13.4. The molecule has 1 atom stereocenters. The molecule has 0 fully saturated rings. The molecule has 0 aromatic heterocycles. The van der Waals surface area contributed by atoms with Gasteiger partial charge in [0.05, 0.1) is 0 Å². The van der Waals surface area contributed by atoms with Gasteiger partial charge in [-0.15, -0.1) is 0 Å². The topological polar surface area (TPSA) is 55.4 Å². The third-order valence-corrected chi connectivity index (χ3v) is 1.94. The van der Waals surface area contributed by atoms with Crippen molar-refractivity contribution in [3.63, 3.8) is 0 Å². The van der Waals surface area contributed by atoms with Crippen LogP contribution in [0.3, 0.4) is 0 Å². The minimum absolute atomic E-state index is 0.266. The summed E-state index contributed by atoms with van der Waals surface area (Å²) >= 11 is 5.39. The second-order valence-electron chi connectivity index (χ2n) is 5.13. The van der Waals surface area contributed by atoms with Crippen molar-refractivity contribution >= 4 is 22.9 Å². The number of amides is 1. The highest BCUT2D eigenvalue weighted by Crippen LogP contribution is 2.10. The SMILES string of the molecule is CC(C)C[C@@H](NC(=O)OC(C)(C)C)C(=O)Cl. The average Bonchev–Trinajstić information content (AvgIpc) is 1.97. The highest BCUT2D eigenvalue weighted by atomic mass is 35.5. The van der Waals surface area contributed by atoms with E-state index in [1.54, 1.807) is 20.8 Å². The average molecular weight is 250 g/mol. The highest BCUT2D eigenvalue weighted by Gasteiger charge is 2.23. The minimum atomic E-state index is -0.684. The van der Waals surface area contributed by atoms with E-state index in [-0.39, 0.29) is 5.92 Å². The van der Waals surface area contributed by atoms with Gasteiger partial charge in [-0.05, 0) is 44.7 Å². The molecule has 0 saturated heterocycles. The molecular weight excluding hydrogens is 230 g/mol. The Morgan fingerprint density at radius 2 is 1.81 bits per heavy atom. The molecule has 0 aliphatic heterocycles. The first-order valence-electron chi connectivity index (χ1n) is 5.30. The molecule has 94 valence electrons. The number of carbonyl (C=O) groups is 2. The largest absolute Gasteiger partial charge is 0.444 e. The molecule has 5 heteroatoms. The van der Waals surface area contributed by atoms with E-state index >= 15 is 0 Å². The van der Waals surface area contributed by atoms with Gasteiger partial charge in [-0.2, -0.15) is 0 Å². The first-order valence-corrected chi connectivity index (χ1v) is 5.68. The van der Waals surface area contributed by atoms with Crippen molar-refractivity contribution in [1.82, 2.24) is 5.32 Å². The number of halogens is 1. The summed E-state index contributed by atoms with van der Waals surface area (Å²) in [4.78, 5) is 22.5. The fourth-order valence-corrected chi connectivity index (χ4v) is 1.27. The number of alkyl carbamates (subject to hydrolysis) is 1. The molecule has 0 rings (SSSR count). The van der Waals surface area contributed by atoms with Crippen LogP contribution >= 0.6 is 11.6 Å². The molecule has 0 heterocycles. The number of nitrogens with one attached hydrogen (secondary N) is 1. The van der Waals surface area contributed by atoms with Gasteiger partial charge >= 0.3 is 6.09 Å². The van der Waals surface area contributed by atoms with E-state index in [2.05, 4.69) is 5.32 Å². The monoisotopic (exact) mass is 249 g/mol. The van der Waals surface area contributed by atoms with Crippen LogP contribution in [0.4, 0.5) is 4.79 Å². The Hall–Kier alpha value is -0.770. The Labute approximate surface area is 102 Å². The third-order valence-electron chi connectivity index (χ3n) is 1.67. The van der Waals surface area contributed by atoms with Crippen LogP contribution in [0.1, 0.15) is 41.0 Å². The van der Waals surface area contributed by atoms with E-state index in [9.17, 15) is 9.59 Å². The maximum atomic E-state index is 11.4. The third kappa shape index (κ3) is 7.51. The van der Waals surface area contributed by atoms with E-state index < -0.39 is 23.0 Å². The number of rotatable bonds is 4. The van der Waals surface area contributed by atoms with Gasteiger partial charge in [0, 0.05) is 0 Å². The fraction of sp³-hybridized carbons (Fsp3) is 0.818. The summed E-state index contributed by atoms with van der Waals surface area (Å²) in [5, 5.41) is 1.89. The lowest BCUT2D eigenvalue weighted by Crippen LogP contribution is -2.42. The predicted molar refractivity (Wildman–Crippen MR) is 63.5 cm³/mol. The molecule has 0 unspecified atom stereocenters. The van der Waals surface area contributed by atoms with Crippen molar-refractivity contribution in [2.24, 2.45) is 5.92 Å². The molecule has 0 spiro atoms. The summed E-state index contributed by atoms with van der Waals surface area (Å²) in [5.41, 5.74) is -0.582. The summed E-state index contributed by atoms with van der Waals surface area (Å²) < 4.78 is 5.04. The summed E-state index contributed by atoms with van der Waals surface area (Å²) in [6, 6.07) is -0.684. The fourth-order valence-electron chi connectivity index (χ4n) is 1.13. The Kier molecular flexibility index (Phi) is 5.79. The molecule has 0 aromatic rings. The summed E-state index contributed by atoms with van der Waals surface area (Å²) in [5.74, 6) is 0.266. The molecule has 1 N–H and O–H groups in total. The molecular formula is C11H20ClNO3. The van der Waals surface area contributed by atoms with Gasteiger partial charge in [-0.25, -0.2) is 4.79 Å². The summed E-state index contributed by atoms with van der Waals surface area (Å²) in [7, 11) is 0. The highest BCUT2D eigenvalue weighted by molar-refractivity contribution is 6.64. The Balaban J connectivity index is 4.30. The molecule has 1 amide bonds. The number of hydrogen-bond donors (Lipinski definition) is 1. The van der Waals surface area contributed by atoms with E-state index in [1.807, 2.05) is 13.8 Å². The van der Waals surface area contributed by atoms with Crippen LogP contribution in [0.15, 0.2) is 0 Å². The summed E-state index contributed by atoms with van der Waals surface area (Å²) in [6.45, 7) is 9.17. The standard InChI is InChI=1S/C11H20ClNO3/c1-7(2)6-8(9(12)14)13-10(15)16-11(3,4)5/h7-8H,6H2,1-5H3,(H,13,15)/t8-/m1/s1. The van der Waals surface area contributed by atoms with Crippen LogP contribution in [-0.2, 0) is 9.53 Å². The first kappa shape index (κ1) is 15.2. The molecule has 0 radical (unpaired) electrons. The Bertz CT molecular complexity index is 258. The van der Waals surface area contributed by atoms with Crippen LogP contribution < -0.4 is 5.32 Å². The minimum Gasteiger partial charge on any atom is -0.444 e. The van der Waals surface area contributed by atoms with Crippen molar-refractivity contribution in [2.45, 2.75) is 52.7 Å². The molecule has 0 saturated carbocycles. The van der Waals surface area contributed by atoms with Gasteiger partial charge in [0.1, 0.15) is 11.6 Å². The lowest BCUT2D eigenvalue weighted by Gasteiger charge is -2.22. The maximum absolute atomic E-state index is 11.4. The smallest absolute Gasteiger partial charge is 0.408 e. The molecule has 0 aliphatic carbocycles. The zero-order valence-corrected chi connectivity index (χ0v) is 11.2. The first-order chi connectivity index (χ1) is 7.11. The lowest BCUT2D eigenvalue weighted by atomic mass is 10.1. The molecule has 0 bridgehead atoms. The Morgan fingerprint density at radius 3 is 2.12 bits per heavy atom. The Morgan fingerprint density at radius 1 is 1.31 bits per heavy atom. The van der Waals surface area contributed by atoms with Crippen molar-refractivity contribution in [2.75, 3.05) is 0 Å². The van der Waals surface area contributed by atoms with Gasteiger partial charge in [0.2, 0.25) is 5.24 Å². The van der Waals surface area contributed by atoms with Crippen LogP contribution in [0.5, 0.6) is 0 Å². The maximum Gasteiger partial charge on any atom is 0.408 e. The van der Waals surface area contributed by atoms with Gasteiger partial charge in [0.25, 0.3) is 0 Å². The van der Waals surface area contributed by atoms with Crippen LogP contribution in [0.25, 0.3) is 0 Å². The van der Waals surface area contributed by atoms with Gasteiger partial charge in [-0.1, -0.05) is 13.8 Å². The number of carbonyl (C=O) groups excluding carboxylic acids is 2. The number of hydrogen-bond acceptors (Lipinski definition) is 3. The van der Waals surface area contributed by atoms with Gasteiger partial charge < -0.3 is 10.1 Å². The van der Waals surface area contributed by atoms with Crippen LogP contribution in [-0.4, -0.2) is 23.0 Å². The van der Waals surface area contributed by atoms with Gasteiger partial charge in [0.15, 0.2) is 0 Å². The molecule has 16 heavy (non-hydrogen) atoms. The van der Waals surface area contributed by atoms with E-state index in [1.165, 1.54) is 0 Å². The molecule has 0 aliphatic rings. The van der Waals surface area contributed by atoms with Crippen LogP contribution in [0, 0.1) is 5.92 Å². The van der Waals surface area contributed by atoms with E-state index in [0.29, 0.717) is 6.42 Å². The predicted octanol–water partition coefficient (Wildman–Crippen LogP) is 2.69. The van der Waals surface area contributed by atoms with Crippen molar-refractivity contribution in [3.8, 4) is 0 Å². The van der Waals surface area contributed by atoms with E-state index in [0.717, 1.165) is 0 Å². The number of ether oxygens (including phenoxy) is 1. The molecule has 4 nitrogen and oxygen atoms in total. The molecule has 0 aromatic carbocycles. The second-order valence-corrected chi connectivity index (χ2v) is 5.50.